The molecule has 2 atom stereocenters. The number of carbonyl (C=O) groups excluding carboxylic acids is 2. The first-order chi connectivity index (χ1) is 17.1. The first-order valence-electron chi connectivity index (χ1n) is 13.1. The van der Waals surface area contributed by atoms with Crippen molar-refractivity contribution in [3.8, 4) is 5.88 Å². The van der Waals surface area contributed by atoms with Gasteiger partial charge in [0.05, 0.1) is 12.0 Å². The van der Waals surface area contributed by atoms with Crippen LogP contribution in [0.4, 0.5) is 0 Å². The van der Waals surface area contributed by atoms with Crippen molar-refractivity contribution in [2.24, 2.45) is 11.3 Å². The number of rotatable bonds is 10. The largest absolute Gasteiger partial charge is 0.477 e. The van der Waals surface area contributed by atoms with E-state index in [1.165, 1.54) is 5.56 Å². The van der Waals surface area contributed by atoms with Gasteiger partial charge < -0.3 is 15.4 Å². The second-order valence-corrected chi connectivity index (χ2v) is 10.7. The Morgan fingerprint density at radius 3 is 2.61 bits per heavy atom. The van der Waals surface area contributed by atoms with Gasteiger partial charge in [0.25, 0.3) is 0 Å². The van der Waals surface area contributed by atoms with Crippen LogP contribution in [0.15, 0.2) is 30.5 Å². The van der Waals surface area contributed by atoms with E-state index in [-0.39, 0.29) is 30.4 Å². The van der Waals surface area contributed by atoms with E-state index in [4.69, 9.17) is 4.74 Å². The maximum Gasteiger partial charge on any atom is 0.243 e. The van der Waals surface area contributed by atoms with Crippen molar-refractivity contribution in [3.63, 3.8) is 0 Å². The number of fused-ring (bicyclic) bond motifs is 1. The highest BCUT2D eigenvalue weighted by molar-refractivity contribution is 5.91. The minimum atomic E-state index is -0.856. The van der Waals surface area contributed by atoms with E-state index >= 15 is 0 Å². The summed E-state index contributed by atoms with van der Waals surface area (Å²) >= 11 is 0. The van der Waals surface area contributed by atoms with Gasteiger partial charge in [-0.2, -0.15) is 5.43 Å². The number of aromatic nitrogens is 1. The standard InChI is InChI=1S/C28H41N5O3/c1-7-21-10-11-22-16-29-24(15-23(22)14-21)36-18-28(5,6)27(35)32-25(19(2)3)26(34)31-20(4)17-33-13-9-8-12-30-33/h10-11,14-17,19-20,25,30H,7-9,12-13,18H2,1-6H3,(H-,31,32,34,35)/p+1/b33-17+. The van der Waals surface area contributed by atoms with Crippen LogP contribution in [0, 0.1) is 11.3 Å². The molecule has 2 amide bonds. The minimum Gasteiger partial charge on any atom is -0.477 e. The zero-order chi connectivity index (χ0) is 26.3. The van der Waals surface area contributed by atoms with Crippen molar-refractivity contribution < 1.29 is 19.0 Å². The molecule has 196 valence electrons. The van der Waals surface area contributed by atoms with E-state index in [2.05, 4.69) is 46.2 Å². The molecule has 36 heavy (non-hydrogen) atoms. The molecule has 0 radical (unpaired) electrons. The number of benzene rings is 1. The van der Waals surface area contributed by atoms with Crippen LogP contribution in [0.5, 0.6) is 5.88 Å². The highest BCUT2D eigenvalue weighted by atomic mass is 16.5. The summed E-state index contributed by atoms with van der Waals surface area (Å²) in [6.07, 6.45) is 7.00. The molecule has 0 aliphatic carbocycles. The van der Waals surface area contributed by atoms with Crippen LogP contribution < -0.4 is 20.8 Å². The molecule has 0 bridgehead atoms. The molecule has 2 unspecified atom stereocenters. The van der Waals surface area contributed by atoms with Gasteiger partial charge in [-0.15, -0.1) is 4.68 Å². The van der Waals surface area contributed by atoms with Gasteiger partial charge in [-0.05, 0) is 50.5 Å². The fourth-order valence-corrected chi connectivity index (χ4v) is 4.12. The van der Waals surface area contributed by atoms with Crippen LogP contribution in [-0.2, 0) is 16.0 Å². The van der Waals surface area contributed by atoms with Gasteiger partial charge in [-0.25, -0.2) is 4.98 Å². The van der Waals surface area contributed by atoms with Crippen LogP contribution in [0.2, 0.25) is 0 Å². The monoisotopic (exact) mass is 496 g/mol. The first kappa shape index (κ1) is 27.4. The number of ether oxygens (including phenoxy) is 1. The molecular formula is C28H42N5O3+. The lowest BCUT2D eigenvalue weighted by Gasteiger charge is -2.29. The fourth-order valence-electron chi connectivity index (χ4n) is 4.12. The summed E-state index contributed by atoms with van der Waals surface area (Å²) in [5.74, 6) is -0.0233. The maximum atomic E-state index is 13.2. The van der Waals surface area contributed by atoms with Crippen LogP contribution in [0.25, 0.3) is 10.8 Å². The van der Waals surface area contributed by atoms with Crippen molar-refractivity contribution in [1.29, 1.82) is 0 Å². The zero-order valence-electron chi connectivity index (χ0n) is 22.6. The van der Waals surface area contributed by atoms with Crippen molar-refractivity contribution >= 4 is 28.8 Å². The Morgan fingerprint density at radius 2 is 1.94 bits per heavy atom. The molecule has 8 nitrogen and oxygen atoms in total. The van der Waals surface area contributed by atoms with Gasteiger partial charge in [-0.3, -0.25) is 9.59 Å². The summed E-state index contributed by atoms with van der Waals surface area (Å²) in [5.41, 5.74) is 3.70. The molecule has 0 saturated carbocycles. The van der Waals surface area contributed by atoms with Crippen LogP contribution in [0.1, 0.15) is 59.9 Å². The number of hydrazone groups is 1. The number of aryl methyl sites for hydroxylation is 1. The molecule has 3 N–H and O–H groups in total. The maximum absolute atomic E-state index is 13.2. The molecule has 3 rings (SSSR count). The normalized spacial score (nSPS) is 16.9. The molecule has 1 saturated heterocycles. The van der Waals surface area contributed by atoms with Crippen molar-refractivity contribution in [2.75, 3.05) is 19.7 Å². The average Bonchev–Trinajstić information content (AvgIpc) is 2.85. The summed E-state index contributed by atoms with van der Waals surface area (Å²) in [6, 6.07) is 7.39. The number of carbonyl (C=O) groups is 2. The fraction of sp³-hybridized carbons (Fsp3) is 0.571. The molecule has 1 aromatic heterocycles. The lowest BCUT2D eigenvalue weighted by atomic mass is 9.92. The highest BCUT2D eigenvalue weighted by Gasteiger charge is 2.34. The topological polar surface area (TPSA) is 95.4 Å². The van der Waals surface area contributed by atoms with E-state index in [0.29, 0.717) is 5.88 Å². The SMILES string of the molecule is CCc1ccc2cnc(OCC(C)(C)C(=O)NC(C(=O)NC(C)/C=[N+]3\CCCCN3)C(C)C)cc2c1. The third-order valence-corrected chi connectivity index (χ3v) is 6.51. The number of hydrogen-bond acceptors (Lipinski definition) is 5. The van der Waals surface area contributed by atoms with Crippen LogP contribution >= 0.6 is 0 Å². The summed E-state index contributed by atoms with van der Waals surface area (Å²) in [6.45, 7) is 13.5. The van der Waals surface area contributed by atoms with E-state index in [1.807, 2.05) is 51.6 Å². The van der Waals surface area contributed by atoms with Gasteiger partial charge in [-0.1, -0.05) is 39.0 Å². The zero-order valence-corrected chi connectivity index (χ0v) is 22.6. The van der Waals surface area contributed by atoms with Crippen molar-refractivity contribution in [3.05, 3.63) is 36.0 Å². The second kappa shape index (κ2) is 12.2. The molecule has 1 aliphatic heterocycles. The van der Waals surface area contributed by atoms with Gasteiger partial charge in [0.2, 0.25) is 17.7 Å². The minimum absolute atomic E-state index is 0.0686. The van der Waals surface area contributed by atoms with E-state index in [1.54, 1.807) is 6.20 Å². The molecule has 8 heteroatoms. The molecule has 0 spiro atoms. The Balaban J connectivity index is 1.60. The highest BCUT2D eigenvalue weighted by Crippen LogP contribution is 2.23. The predicted molar refractivity (Wildman–Crippen MR) is 143 cm³/mol. The lowest BCUT2D eigenvalue weighted by molar-refractivity contribution is -0.593. The smallest absolute Gasteiger partial charge is 0.243 e. The summed E-state index contributed by atoms with van der Waals surface area (Å²) in [7, 11) is 0. The van der Waals surface area contributed by atoms with Crippen LogP contribution in [-0.4, -0.2) is 59.5 Å². The Bertz CT molecular complexity index is 1090. The molecular weight excluding hydrogens is 454 g/mol. The number of hydrogen-bond donors (Lipinski definition) is 3. The molecule has 2 aromatic rings. The summed E-state index contributed by atoms with van der Waals surface area (Å²) < 4.78 is 7.96. The molecule has 1 aromatic carbocycles. The number of nitrogens with zero attached hydrogens (tertiary/aromatic N) is 2. The van der Waals surface area contributed by atoms with Gasteiger partial charge in [0.1, 0.15) is 18.7 Å². The third kappa shape index (κ3) is 7.42. The third-order valence-electron chi connectivity index (χ3n) is 6.51. The van der Waals surface area contributed by atoms with Crippen molar-refractivity contribution in [1.82, 2.24) is 21.0 Å². The van der Waals surface area contributed by atoms with E-state index < -0.39 is 11.5 Å². The number of amides is 2. The number of pyridine rings is 1. The van der Waals surface area contributed by atoms with Crippen molar-refractivity contribution in [2.45, 2.75) is 72.9 Å². The molecule has 1 fully saturated rings. The average molecular weight is 497 g/mol. The molecule has 1 aliphatic rings. The van der Waals surface area contributed by atoms with Gasteiger partial charge in [0.15, 0.2) is 12.8 Å². The summed E-state index contributed by atoms with van der Waals surface area (Å²) in [5, 5.41) is 8.07. The predicted octanol–water partition coefficient (Wildman–Crippen LogP) is 3.23. The van der Waals surface area contributed by atoms with Gasteiger partial charge >= 0.3 is 0 Å². The van der Waals surface area contributed by atoms with E-state index in [0.717, 1.165) is 43.1 Å². The second-order valence-electron chi connectivity index (χ2n) is 10.7. The Morgan fingerprint density at radius 1 is 1.17 bits per heavy atom. The molecule has 2 heterocycles. The van der Waals surface area contributed by atoms with E-state index in [9.17, 15) is 9.59 Å². The Labute approximate surface area is 214 Å². The number of nitrogens with one attached hydrogen (secondary N) is 3. The number of hydrazine groups is 1. The van der Waals surface area contributed by atoms with Crippen LogP contribution in [0.3, 0.4) is 0 Å². The Hall–Kier alpha value is -3.16. The van der Waals surface area contributed by atoms with Gasteiger partial charge in [0, 0.05) is 24.1 Å². The first-order valence-corrected chi connectivity index (χ1v) is 13.1. The quantitative estimate of drug-likeness (QED) is 0.439. The lowest BCUT2D eigenvalue weighted by Crippen LogP contribution is -2.55. The summed E-state index contributed by atoms with van der Waals surface area (Å²) in [4.78, 5) is 30.6. The Kier molecular flexibility index (Phi) is 9.29.